The number of carbonyl (C=O) groups excluding carboxylic acids is 1. The summed E-state index contributed by atoms with van der Waals surface area (Å²) in [7, 11) is 0. The molecule has 0 aliphatic carbocycles. The zero-order valence-corrected chi connectivity index (χ0v) is 13.3. The van der Waals surface area contributed by atoms with Crippen LogP contribution in [-0.4, -0.2) is 15.9 Å². The third-order valence-corrected chi connectivity index (χ3v) is 3.46. The summed E-state index contributed by atoms with van der Waals surface area (Å²) >= 11 is 0. The second kappa shape index (κ2) is 7.64. The molecule has 0 saturated carbocycles. The molecular formula is C18H13F3N4O. The van der Waals surface area contributed by atoms with Gasteiger partial charge < -0.3 is 10.6 Å². The molecule has 2 aromatic carbocycles. The number of carbonyl (C=O) groups is 1. The maximum Gasteiger partial charge on any atom is 0.258 e. The first-order chi connectivity index (χ1) is 12.5. The summed E-state index contributed by atoms with van der Waals surface area (Å²) in [4.78, 5) is 20.1. The summed E-state index contributed by atoms with van der Waals surface area (Å²) in [5.74, 6) is -2.28. The lowest BCUT2D eigenvalue weighted by Gasteiger charge is -2.07. The van der Waals surface area contributed by atoms with Gasteiger partial charge in [-0.1, -0.05) is 12.1 Å². The lowest BCUT2D eigenvalue weighted by Crippen LogP contribution is -2.14. The number of hydrogen-bond acceptors (Lipinski definition) is 4. The molecule has 132 valence electrons. The molecule has 8 heteroatoms. The van der Waals surface area contributed by atoms with Crippen molar-refractivity contribution < 1.29 is 18.0 Å². The van der Waals surface area contributed by atoms with Gasteiger partial charge in [-0.2, -0.15) is 0 Å². The van der Waals surface area contributed by atoms with Gasteiger partial charge in [0.1, 0.15) is 17.5 Å². The van der Waals surface area contributed by atoms with Gasteiger partial charge in [0.2, 0.25) is 5.95 Å². The quantitative estimate of drug-likeness (QED) is 0.729. The van der Waals surface area contributed by atoms with E-state index in [1.807, 2.05) is 0 Å². The first kappa shape index (κ1) is 17.4. The average molecular weight is 358 g/mol. The van der Waals surface area contributed by atoms with Crippen LogP contribution in [0.25, 0.3) is 0 Å². The van der Waals surface area contributed by atoms with Crippen molar-refractivity contribution in [1.82, 2.24) is 9.97 Å². The van der Waals surface area contributed by atoms with Gasteiger partial charge in [0.15, 0.2) is 0 Å². The van der Waals surface area contributed by atoms with Crippen LogP contribution in [0.4, 0.5) is 24.8 Å². The second-order valence-corrected chi connectivity index (χ2v) is 5.35. The number of hydrogen-bond donors (Lipinski definition) is 2. The van der Waals surface area contributed by atoms with Crippen LogP contribution in [0, 0.1) is 17.5 Å². The zero-order valence-electron chi connectivity index (χ0n) is 13.3. The molecule has 3 rings (SSSR count). The van der Waals surface area contributed by atoms with Crippen molar-refractivity contribution in [3.05, 3.63) is 83.4 Å². The maximum absolute atomic E-state index is 13.6. The third-order valence-electron chi connectivity index (χ3n) is 3.46. The third kappa shape index (κ3) is 4.35. The Morgan fingerprint density at radius 2 is 1.58 bits per heavy atom. The molecule has 3 aromatic rings. The fraction of sp³-hybridized carbons (Fsp3) is 0.0556. The topological polar surface area (TPSA) is 66.9 Å². The molecule has 0 fully saturated rings. The number of amides is 1. The fourth-order valence-corrected chi connectivity index (χ4v) is 2.11. The molecule has 2 N–H and O–H groups in total. The summed E-state index contributed by atoms with van der Waals surface area (Å²) in [6.45, 7) is 0.382. The van der Waals surface area contributed by atoms with Crippen molar-refractivity contribution in [1.29, 1.82) is 0 Å². The largest absolute Gasteiger partial charge is 0.350 e. The fourth-order valence-electron chi connectivity index (χ4n) is 2.11. The van der Waals surface area contributed by atoms with E-state index in [2.05, 4.69) is 20.6 Å². The molecular weight excluding hydrogens is 345 g/mol. The lowest BCUT2D eigenvalue weighted by molar-refractivity contribution is 0.102. The Morgan fingerprint density at radius 1 is 0.923 bits per heavy atom. The Morgan fingerprint density at radius 3 is 2.23 bits per heavy atom. The van der Waals surface area contributed by atoms with Gasteiger partial charge in [-0.3, -0.25) is 4.79 Å². The molecule has 0 aliphatic heterocycles. The van der Waals surface area contributed by atoms with Crippen molar-refractivity contribution in [3.63, 3.8) is 0 Å². The van der Waals surface area contributed by atoms with Gasteiger partial charge >= 0.3 is 0 Å². The number of benzene rings is 2. The van der Waals surface area contributed by atoms with E-state index < -0.39 is 17.5 Å². The highest BCUT2D eigenvalue weighted by Crippen LogP contribution is 2.16. The summed E-state index contributed by atoms with van der Waals surface area (Å²) < 4.78 is 39.3. The second-order valence-electron chi connectivity index (χ2n) is 5.35. The van der Waals surface area contributed by atoms with Gasteiger partial charge in [-0.25, -0.2) is 23.1 Å². The van der Waals surface area contributed by atoms with E-state index in [-0.39, 0.29) is 23.0 Å². The minimum Gasteiger partial charge on any atom is -0.350 e. The highest BCUT2D eigenvalue weighted by Gasteiger charge is 2.11. The SMILES string of the molecule is O=C(Nc1ccc(F)cc1F)c1cnc(NCc2ccc(F)cc2)nc1. The van der Waals surface area contributed by atoms with Crippen molar-refractivity contribution >= 4 is 17.5 Å². The first-order valence-corrected chi connectivity index (χ1v) is 7.58. The molecule has 0 saturated heterocycles. The smallest absolute Gasteiger partial charge is 0.258 e. The molecule has 1 amide bonds. The number of anilines is 2. The summed E-state index contributed by atoms with van der Waals surface area (Å²) in [6, 6.07) is 8.79. The summed E-state index contributed by atoms with van der Waals surface area (Å²) in [5, 5.41) is 5.25. The minimum absolute atomic E-state index is 0.112. The molecule has 1 aromatic heterocycles. The molecule has 5 nitrogen and oxygen atoms in total. The van der Waals surface area contributed by atoms with Gasteiger partial charge in [0.25, 0.3) is 5.91 Å². The number of nitrogens with one attached hydrogen (secondary N) is 2. The van der Waals surface area contributed by atoms with Crippen LogP contribution >= 0.6 is 0 Å². The zero-order chi connectivity index (χ0) is 18.5. The Hall–Kier alpha value is -3.42. The van der Waals surface area contributed by atoms with E-state index in [0.29, 0.717) is 12.6 Å². The van der Waals surface area contributed by atoms with Gasteiger partial charge in [-0.15, -0.1) is 0 Å². The number of aromatic nitrogens is 2. The highest BCUT2D eigenvalue weighted by molar-refractivity contribution is 6.03. The standard InChI is InChI=1S/C18H13F3N4O/c19-13-3-1-11(2-4-13)8-22-18-23-9-12(10-24-18)17(26)25-16-6-5-14(20)7-15(16)21/h1-7,9-10H,8H2,(H,25,26)(H,22,23,24). The Kier molecular flexibility index (Phi) is 5.12. The predicted molar refractivity (Wildman–Crippen MR) is 90.1 cm³/mol. The van der Waals surface area contributed by atoms with Crippen molar-refractivity contribution in [3.8, 4) is 0 Å². The van der Waals surface area contributed by atoms with Crippen LogP contribution in [0.5, 0.6) is 0 Å². The maximum atomic E-state index is 13.6. The van der Waals surface area contributed by atoms with E-state index >= 15 is 0 Å². The van der Waals surface area contributed by atoms with E-state index in [4.69, 9.17) is 0 Å². The summed E-state index contributed by atoms with van der Waals surface area (Å²) in [5.41, 5.74) is 0.805. The van der Waals surface area contributed by atoms with Crippen LogP contribution < -0.4 is 10.6 Å². The molecule has 26 heavy (non-hydrogen) atoms. The van der Waals surface area contributed by atoms with Crippen molar-refractivity contribution in [2.75, 3.05) is 10.6 Å². The van der Waals surface area contributed by atoms with Crippen molar-refractivity contribution in [2.45, 2.75) is 6.54 Å². The number of halogens is 3. The van der Waals surface area contributed by atoms with E-state index in [1.165, 1.54) is 24.5 Å². The molecule has 0 radical (unpaired) electrons. The van der Waals surface area contributed by atoms with Crippen molar-refractivity contribution in [2.24, 2.45) is 0 Å². The van der Waals surface area contributed by atoms with Gasteiger partial charge in [0, 0.05) is 25.0 Å². The van der Waals surface area contributed by atoms with E-state index in [1.54, 1.807) is 12.1 Å². The van der Waals surface area contributed by atoms with Gasteiger partial charge in [0.05, 0.1) is 11.3 Å². The van der Waals surface area contributed by atoms with E-state index in [0.717, 1.165) is 17.7 Å². The Balaban J connectivity index is 1.61. The Bertz CT molecular complexity index is 915. The highest BCUT2D eigenvalue weighted by atomic mass is 19.1. The van der Waals surface area contributed by atoms with Crippen LogP contribution in [0.2, 0.25) is 0 Å². The molecule has 1 heterocycles. The summed E-state index contributed by atoms with van der Waals surface area (Å²) in [6.07, 6.45) is 2.55. The molecule has 0 bridgehead atoms. The minimum atomic E-state index is -0.878. The monoisotopic (exact) mass is 358 g/mol. The normalized spacial score (nSPS) is 10.4. The van der Waals surface area contributed by atoms with Crippen LogP contribution in [0.3, 0.4) is 0 Å². The average Bonchev–Trinajstić information content (AvgIpc) is 2.64. The van der Waals surface area contributed by atoms with Gasteiger partial charge in [-0.05, 0) is 29.8 Å². The van der Waals surface area contributed by atoms with Crippen LogP contribution in [-0.2, 0) is 6.54 Å². The Labute approximate surface area is 146 Å². The molecule has 0 atom stereocenters. The molecule has 0 aliphatic rings. The van der Waals surface area contributed by atoms with Crippen LogP contribution in [0.1, 0.15) is 15.9 Å². The van der Waals surface area contributed by atoms with Crippen LogP contribution in [0.15, 0.2) is 54.9 Å². The number of nitrogens with zero attached hydrogens (tertiary/aromatic N) is 2. The first-order valence-electron chi connectivity index (χ1n) is 7.58. The molecule has 0 spiro atoms. The predicted octanol–water partition coefficient (Wildman–Crippen LogP) is 3.76. The number of rotatable bonds is 5. The lowest BCUT2D eigenvalue weighted by atomic mass is 10.2. The van der Waals surface area contributed by atoms with E-state index in [9.17, 15) is 18.0 Å². The molecule has 0 unspecified atom stereocenters.